The van der Waals surface area contributed by atoms with E-state index < -0.39 is 0 Å². The second-order valence-corrected chi connectivity index (χ2v) is 8.41. The van der Waals surface area contributed by atoms with Gasteiger partial charge in [-0.15, -0.1) is 0 Å². The molecule has 2 unspecified atom stereocenters. The molecule has 1 fully saturated rings. The van der Waals surface area contributed by atoms with Crippen molar-refractivity contribution >= 4 is 0 Å². The summed E-state index contributed by atoms with van der Waals surface area (Å²) in [6.45, 7) is 7.07. The van der Waals surface area contributed by atoms with Crippen LogP contribution in [0.3, 0.4) is 0 Å². The molecule has 1 aromatic rings. The Morgan fingerprint density at radius 2 is 2.00 bits per heavy atom. The Hall–Kier alpha value is -1.04. The lowest BCUT2D eigenvalue weighted by molar-refractivity contribution is 0.168. The molecule has 1 spiro atoms. The summed E-state index contributed by atoms with van der Waals surface area (Å²) in [7, 11) is 0. The van der Waals surface area contributed by atoms with Crippen LogP contribution in [0.4, 0.5) is 0 Å². The average molecular weight is 266 g/mol. The molecule has 0 saturated heterocycles. The lowest BCUT2D eigenvalue weighted by atomic mass is 9.62. The molecular weight excluding hydrogens is 240 g/mol. The summed E-state index contributed by atoms with van der Waals surface area (Å²) in [5.74, 6) is 0.962. The Balaban J connectivity index is 1.73. The first-order valence-corrected chi connectivity index (χ1v) is 8.27. The summed E-state index contributed by atoms with van der Waals surface area (Å²) in [6.07, 6.45) is 10.8. The van der Waals surface area contributed by atoms with Crippen LogP contribution in [0.15, 0.2) is 29.8 Å². The molecule has 1 aromatic carbocycles. The van der Waals surface area contributed by atoms with Gasteiger partial charge in [0.05, 0.1) is 0 Å². The van der Waals surface area contributed by atoms with Gasteiger partial charge in [0.15, 0.2) is 0 Å². The summed E-state index contributed by atoms with van der Waals surface area (Å²) in [5.41, 5.74) is 7.62. The van der Waals surface area contributed by atoms with E-state index in [2.05, 4.69) is 45.0 Å². The number of benzene rings is 1. The molecule has 3 aliphatic rings. The Morgan fingerprint density at radius 3 is 2.65 bits per heavy atom. The minimum Gasteiger partial charge on any atom is -0.0850 e. The van der Waals surface area contributed by atoms with Crippen molar-refractivity contribution < 1.29 is 0 Å². The van der Waals surface area contributed by atoms with Gasteiger partial charge in [-0.1, -0.05) is 50.6 Å². The molecule has 0 radical (unpaired) electrons. The van der Waals surface area contributed by atoms with Crippen molar-refractivity contribution in [3.8, 4) is 0 Å². The van der Waals surface area contributed by atoms with Crippen LogP contribution in [0.1, 0.15) is 63.1 Å². The van der Waals surface area contributed by atoms with E-state index in [0.717, 1.165) is 5.92 Å². The van der Waals surface area contributed by atoms with Gasteiger partial charge in [0.1, 0.15) is 0 Å². The maximum absolute atomic E-state index is 2.52. The van der Waals surface area contributed by atoms with Crippen molar-refractivity contribution in [1.82, 2.24) is 0 Å². The first-order valence-electron chi connectivity index (χ1n) is 8.27. The van der Waals surface area contributed by atoms with Gasteiger partial charge < -0.3 is 0 Å². The molecular formula is C20H26. The fraction of sp³-hybridized carbons (Fsp3) is 0.600. The Kier molecular flexibility index (Phi) is 2.53. The highest BCUT2D eigenvalue weighted by Gasteiger charge is 2.48. The molecule has 106 valence electrons. The fourth-order valence-electron chi connectivity index (χ4n) is 5.14. The smallest absolute Gasteiger partial charge is 0.0129 e. The first kappa shape index (κ1) is 12.7. The van der Waals surface area contributed by atoms with Gasteiger partial charge in [0.2, 0.25) is 0 Å². The quantitative estimate of drug-likeness (QED) is 0.566. The molecule has 2 atom stereocenters. The first-order chi connectivity index (χ1) is 9.48. The van der Waals surface area contributed by atoms with Gasteiger partial charge in [-0.05, 0) is 72.0 Å². The van der Waals surface area contributed by atoms with Crippen LogP contribution in [0.2, 0.25) is 0 Å². The van der Waals surface area contributed by atoms with Crippen molar-refractivity contribution in [2.45, 2.75) is 64.7 Å². The van der Waals surface area contributed by atoms with E-state index in [0.29, 0.717) is 5.41 Å². The summed E-state index contributed by atoms with van der Waals surface area (Å²) in [4.78, 5) is 0. The largest absolute Gasteiger partial charge is 0.0850 e. The Labute approximate surface area is 123 Å². The zero-order valence-electron chi connectivity index (χ0n) is 13.1. The van der Waals surface area contributed by atoms with Gasteiger partial charge in [0.25, 0.3) is 0 Å². The molecule has 0 nitrogen and oxygen atoms in total. The van der Waals surface area contributed by atoms with Crippen LogP contribution in [-0.4, -0.2) is 0 Å². The van der Waals surface area contributed by atoms with E-state index in [9.17, 15) is 0 Å². The van der Waals surface area contributed by atoms with E-state index in [1.165, 1.54) is 38.5 Å². The molecule has 0 aliphatic heterocycles. The maximum atomic E-state index is 2.52. The third kappa shape index (κ3) is 1.73. The zero-order valence-corrected chi connectivity index (χ0v) is 13.1. The number of hydrogen-bond acceptors (Lipinski definition) is 0. The topological polar surface area (TPSA) is 0 Å². The maximum Gasteiger partial charge on any atom is -0.0129 e. The second kappa shape index (κ2) is 4.00. The number of fused-ring (bicyclic) bond motifs is 4. The number of allylic oxidation sites excluding steroid dienone is 2. The second-order valence-electron chi connectivity index (χ2n) is 8.41. The van der Waals surface area contributed by atoms with E-state index in [4.69, 9.17) is 0 Å². The van der Waals surface area contributed by atoms with Crippen LogP contribution >= 0.6 is 0 Å². The zero-order chi connectivity index (χ0) is 14.0. The molecule has 0 amide bonds. The minimum atomic E-state index is 0.285. The van der Waals surface area contributed by atoms with Gasteiger partial charge in [-0.2, -0.15) is 0 Å². The third-order valence-corrected chi connectivity index (χ3v) is 6.14. The normalized spacial score (nSPS) is 31.6. The van der Waals surface area contributed by atoms with E-state index in [1.54, 1.807) is 22.3 Å². The van der Waals surface area contributed by atoms with Crippen molar-refractivity contribution in [2.75, 3.05) is 0 Å². The molecule has 4 rings (SSSR count). The van der Waals surface area contributed by atoms with E-state index in [-0.39, 0.29) is 5.41 Å². The molecule has 0 aromatic heterocycles. The average Bonchev–Trinajstić information content (AvgIpc) is 2.97. The standard InChI is InChI=1S/C20H26/c1-19(2,3)18-6-4-5-15-13-20(10-9-17(15)18)12-14-7-8-16(20)11-14/h4-7,16H,8-13H2,1-3H3. The number of rotatable bonds is 0. The van der Waals surface area contributed by atoms with Gasteiger partial charge >= 0.3 is 0 Å². The summed E-state index contributed by atoms with van der Waals surface area (Å²) in [5, 5.41) is 0. The van der Waals surface area contributed by atoms with Crippen LogP contribution in [-0.2, 0) is 18.3 Å². The lowest BCUT2D eigenvalue weighted by Gasteiger charge is -2.42. The lowest BCUT2D eigenvalue weighted by Crippen LogP contribution is -2.34. The SMILES string of the molecule is CC(C)(C)c1cccc2c1CCC1(CC3=CCC1C3)C2. The van der Waals surface area contributed by atoms with Gasteiger partial charge in [-0.3, -0.25) is 0 Å². The Morgan fingerprint density at radius 1 is 1.15 bits per heavy atom. The van der Waals surface area contributed by atoms with Crippen LogP contribution < -0.4 is 0 Å². The predicted octanol–water partition coefficient (Wildman–Crippen LogP) is 5.20. The molecule has 1 saturated carbocycles. The minimum absolute atomic E-state index is 0.285. The highest BCUT2D eigenvalue weighted by molar-refractivity contribution is 5.43. The van der Waals surface area contributed by atoms with Crippen LogP contribution in [0.25, 0.3) is 0 Å². The van der Waals surface area contributed by atoms with E-state index in [1.807, 2.05) is 0 Å². The summed E-state index contributed by atoms with van der Waals surface area (Å²) >= 11 is 0. The molecule has 20 heavy (non-hydrogen) atoms. The molecule has 2 bridgehead atoms. The van der Waals surface area contributed by atoms with Gasteiger partial charge in [0, 0.05) is 0 Å². The molecule has 0 heterocycles. The summed E-state index contributed by atoms with van der Waals surface area (Å²) < 4.78 is 0. The van der Waals surface area contributed by atoms with Gasteiger partial charge in [-0.25, -0.2) is 0 Å². The summed E-state index contributed by atoms with van der Waals surface area (Å²) in [6, 6.07) is 7.07. The molecule has 0 N–H and O–H groups in total. The van der Waals surface area contributed by atoms with Crippen LogP contribution in [0.5, 0.6) is 0 Å². The predicted molar refractivity (Wildman–Crippen MR) is 85.0 cm³/mol. The third-order valence-electron chi connectivity index (χ3n) is 6.14. The van der Waals surface area contributed by atoms with Crippen LogP contribution in [0, 0.1) is 11.3 Å². The van der Waals surface area contributed by atoms with Crippen molar-refractivity contribution in [3.63, 3.8) is 0 Å². The fourth-order valence-corrected chi connectivity index (χ4v) is 5.14. The highest BCUT2D eigenvalue weighted by Crippen LogP contribution is 2.58. The molecule has 0 heteroatoms. The number of hydrogen-bond donors (Lipinski definition) is 0. The van der Waals surface area contributed by atoms with E-state index >= 15 is 0 Å². The molecule has 3 aliphatic carbocycles. The Bertz CT molecular complexity index is 585. The van der Waals surface area contributed by atoms with Crippen molar-refractivity contribution in [2.24, 2.45) is 11.3 Å². The van der Waals surface area contributed by atoms with Crippen molar-refractivity contribution in [1.29, 1.82) is 0 Å². The highest BCUT2D eigenvalue weighted by atomic mass is 14.5. The monoisotopic (exact) mass is 266 g/mol. The van der Waals surface area contributed by atoms with Crippen molar-refractivity contribution in [3.05, 3.63) is 46.5 Å².